The molecule has 0 aliphatic heterocycles. The van der Waals surface area contributed by atoms with Gasteiger partial charge in [-0.15, -0.1) is 0 Å². The molecule has 0 aliphatic carbocycles. The Morgan fingerprint density at radius 2 is 2.11 bits per heavy atom. The molecule has 0 radical (unpaired) electrons. The van der Waals surface area contributed by atoms with Crippen LogP contribution >= 0.6 is 11.6 Å². The molecule has 7 nitrogen and oxygen atoms in total. The second-order valence-corrected chi connectivity index (χ2v) is 4.22. The minimum Gasteiger partial charge on any atom is -0.394 e. The van der Waals surface area contributed by atoms with Gasteiger partial charge in [-0.25, -0.2) is 4.98 Å². The van der Waals surface area contributed by atoms with Crippen LogP contribution in [0.15, 0.2) is 12.1 Å². The molecule has 1 heterocycles. The van der Waals surface area contributed by atoms with Crippen molar-refractivity contribution in [3.8, 4) is 0 Å². The number of aliphatic hydroxyl groups excluding tert-OH is 2. The van der Waals surface area contributed by atoms with Crippen LogP contribution in [0.1, 0.15) is 13.3 Å². The highest BCUT2D eigenvalue weighted by Gasteiger charge is 2.30. The normalized spacial score (nSPS) is 11.3. The molecular weight excluding hydrogens is 262 g/mol. The molecule has 0 spiro atoms. The van der Waals surface area contributed by atoms with Crippen molar-refractivity contribution in [2.24, 2.45) is 0 Å². The summed E-state index contributed by atoms with van der Waals surface area (Å²) in [7, 11) is 0. The van der Waals surface area contributed by atoms with Crippen LogP contribution in [0, 0.1) is 10.1 Å². The predicted molar refractivity (Wildman–Crippen MR) is 66.7 cm³/mol. The maximum absolute atomic E-state index is 10.8. The van der Waals surface area contributed by atoms with E-state index in [0.717, 1.165) is 0 Å². The van der Waals surface area contributed by atoms with Crippen LogP contribution in [-0.4, -0.2) is 38.9 Å². The standard InChI is InChI=1S/C10H14ClN3O4/c1-2-10(5-15,6-16)13-9-7(14(17)18)3-4-8(11)12-9/h3-4,15-16H,2,5-6H2,1H3,(H,12,13). The van der Waals surface area contributed by atoms with Gasteiger partial charge in [-0.2, -0.15) is 0 Å². The smallest absolute Gasteiger partial charge is 0.311 e. The third kappa shape index (κ3) is 3.06. The summed E-state index contributed by atoms with van der Waals surface area (Å²) in [6.45, 7) is 0.965. The Morgan fingerprint density at radius 3 is 2.56 bits per heavy atom. The molecule has 0 saturated carbocycles. The van der Waals surface area contributed by atoms with E-state index in [1.165, 1.54) is 12.1 Å². The summed E-state index contributed by atoms with van der Waals surface area (Å²) in [5.74, 6) is -0.0718. The number of aromatic nitrogens is 1. The molecule has 0 fully saturated rings. The zero-order valence-electron chi connectivity index (χ0n) is 9.76. The van der Waals surface area contributed by atoms with Crippen LogP contribution in [0.3, 0.4) is 0 Å². The number of anilines is 1. The second-order valence-electron chi connectivity index (χ2n) is 3.83. The first kappa shape index (κ1) is 14.6. The van der Waals surface area contributed by atoms with Crippen LogP contribution < -0.4 is 5.32 Å². The van der Waals surface area contributed by atoms with Gasteiger partial charge in [-0.3, -0.25) is 10.1 Å². The van der Waals surface area contributed by atoms with E-state index in [4.69, 9.17) is 11.6 Å². The van der Waals surface area contributed by atoms with Gasteiger partial charge >= 0.3 is 5.69 Å². The Hall–Kier alpha value is -1.44. The van der Waals surface area contributed by atoms with Gasteiger partial charge in [-0.1, -0.05) is 18.5 Å². The molecule has 0 bridgehead atoms. The largest absolute Gasteiger partial charge is 0.394 e. The van der Waals surface area contributed by atoms with Crippen molar-refractivity contribution in [1.29, 1.82) is 0 Å². The van der Waals surface area contributed by atoms with Gasteiger partial charge in [-0.05, 0) is 12.5 Å². The number of nitrogens with one attached hydrogen (secondary N) is 1. The molecule has 0 atom stereocenters. The summed E-state index contributed by atoms with van der Waals surface area (Å²) in [6, 6.07) is 2.52. The molecule has 1 aromatic heterocycles. The van der Waals surface area contributed by atoms with Crippen LogP contribution in [0.5, 0.6) is 0 Å². The lowest BCUT2D eigenvalue weighted by Crippen LogP contribution is -2.45. The fraction of sp³-hybridized carbons (Fsp3) is 0.500. The number of nitro groups is 1. The first-order valence-corrected chi connectivity index (χ1v) is 5.66. The van der Waals surface area contributed by atoms with Crippen molar-refractivity contribution in [1.82, 2.24) is 4.98 Å². The SMILES string of the molecule is CCC(CO)(CO)Nc1nc(Cl)ccc1[N+](=O)[O-]. The van der Waals surface area contributed by atoms with E-state index < -0.39 is 10.5 Å². The van der Waals surface area contributed by atoms with Crippen molar-refractivity contribution >= 4 is 23.1 Å². The van der Waals surface area contributed by atoms with E-state index in [2.05, 4.69) is 10.3 Å². The molecular formula is C10H14ClN3O4. The van der Waals surface area contributed by atoms with E-state index in [9.17, 15) is 20.3 Å². The van der Waals surface area contributed by atoms with E-state index in [0.29, 0.717) is 6.42 Å². The highest BCUT2D eigenvalue weighted by atomic mass is 35.5. The quantitative estimate of drug-likeness (QED) is 0.409. The highest BCUT2D eigenvalue weighted by Crippen LogP contribution is 2.27. The molecule has 0 aromatic carbocycles. The Bertz CT molecular complexity index is 429. The van der Waals surface area contributed by atoms with E-state index in [1.54, 1.807) is 6.92 Å². The Balaban J connectivity index is 3.16. The molecule has 3 N–H and O–H groups in total. The maximum Gasteiger partial charge on any atom is 0.311 e. The number of pyridine rings is 1. The lowest BCUT2D eigenvalue weighted by molar-refractivity contribution is -0.384. The van der Waals surface area contributed by atoms with Crippen LogP contribution in [0.4, 0.5) is 11.5 Å². The summed E-state index contributed by atoms with van der Waals surface area (Å²) in [5, 5.41) is 32.2. The molecule has 1 rings (SSSR count). The molecule has 18 heavy (non-hydrogen) atoms. The van der Waals surface area contributed by atoms with Crippen LogP contribution in [-0.2, 0) is 0 Å². The average Bonchev–Trinajstić information content (AvgIpc) is 2.36. The van der Waals surface area contributed by atoms with Crippen LogP contribution in [0.2, 0.25) is 5.15 Å². The monoisotopic (exact) mass is 275 g/mol. The van der Waals surface area contributed by atoms with Crippen molar-refractivity contribution in [3.05, 3.63) is 27.4 Å². The minimum atomic E-state index is -1.07. The fourth-order valence-corrected chi connectivity index (χ4v) is 1.51. The lowest BCUT2D eigenvalue weighted by Gasteiger charge is -2.29. The molecule has 0 unspecified atom stereocenters. The molecule has 0 aliphatic rings. The number of rotatable bonds is 6. The summed E-state index contributed by atoms with van der Waals surface area (Å²) in [6.07, 6.45) is 0.366. The number of hydrogen-bond acceptors (Lipinski definition) is 6. The molecule has 100 valence electrons. The zero-order valence-corrected chi connectivity index (χ0v) is 10.5. The van der Waals surface area contributed by atoms with Gasteiger partial charge in [0.2, 0.25) is 5.82 Å². The number of hydrogen-bond donors (Lipinski definition) is 3. The Morgan fingerprint density at radius 1 is 1.50 bits per heavy atom. The van der Waals surface area contributed by atoms with Gasteiger partial charge in [0.05, 0.1) is 23.7 Å². The van der Waals surface area contributed by atoms with Gasteiger partial charge < -0.3 is 15.5 Å². The van der Waals surface area contributed by atoms with Crippen molar-refractivity contribution in [2.75, 3.05) is 18.5 Å². The number of aliphatic hydroxyl groups is 2. The van der Waals surface area contributed by atoms with Crippen molar-refractivity contribution in [2.45, 2.75) is 18.9 Å². The second kappa shape index (κ2) is 5.94. The average molecular weight is 276 g/mol. The third-order valence-electron chi connectivity index (χ3n) is 2.70. The first-order valence-electron chi connectivity index (χ1n) is 5.29. The van der Waals surface area contributed by atoms with Gasteiger partial charge in [0, 0.05) is 6.07 Å². The predicted octanol–water partition coefficient (Wildman–Crippen LogP) is 1.19. The summed E-state index contributed by atoms with van der Waals surface area (Å²) in [5.41, 5.74) is -1.33. The summed E-state index contributed by atoms with van der Waals surface area (Å²) in [4.78, 5) is 14.0. The topological polar surface area (TPSA) is 109 Å². The fourth-order valence-electron chi connectivity index (χ4n) is 1.36. The zero-order chi connectivity index (χ0) is 13.8. The summed E-state index contributed by atoms with van der Waals surface area (Å²) >= 11 is 5.68. The highest BCUT2D eigenvalue weighted by molar-refractivity contribution is 6.29. The third-order valence-corrected chi connectivity index (χ3v) is 2.91. The molecule has 8 heteroatoms. The summed E-state index contributed by atoms with van der Waals surface area (Å²) < 4.78 is 0. The van der Waals surface area contributed by atoms with Crippen molar-refractivity contribution < 1.29 is 15.1 Å². The minimum absolute atomic E-state index is 0.0718. The maximum atomic E-state index is 10.8. The van der Waals surface area contributed by atoms with E-state index in [-0.39, 0.29) is 29.9 Å². The number of halogens is 1. The Kier molecular flexibility index (Phi) is 4.83. The van der Waals surface area contributed by atoms with E-state index >= 15 is 0 Å². The van der Waals surface area contributed by atoms with E-state index in [1.807, 2.05) is 0 Å². The molecule has 0 saturated heterocycles. The van der Waals surface area contributed by atoms with Crippen LogP contribution in [0.25, 0.3) is 0 Å². The lowest BCUT2D eigenvalue weighted by atomic mass is 9.98. The van der Waals surface area contributed by atoms with Gasteiger partial charge in [0.15, 0.2) is 0 Å². The molecule has 0 amide bonds. The van der Waals surface area contributed by atoms with Gasteiger partial charge in [0.25, 0.3) is 0 Å². The van der Waals surface area contributed by atoms with Crippen molar-refractivity contribution in [3.63, 3.8) is 0 Å². The van der Waals surface area contributed by atoms with Gasteiger partial charge in [0.1, 0.15) is 5.15 Å². The number of nitrogens with zero attached hydrogens (tertiary/aromatic N) is 2. The first-order chi connectivity index (χ1) is 8.48. The Labute approximate surface area is 109 Å². The molecule has 1 aromatic rings.